The van der Waals surface area contributed by atoms with Gasteiger partial charge in [0.1, 0.15) is 0 Å². The summed E-state index contributed by atoms with van der Waals surface area (Å²) in [7, 11) is -1.82. The summed E-state index contributed by atoms with van der Waals surface area (Å²) in [6, 6.07) is 6.85. The van der Waals surface area contributed by atoms with E-state index in [1.807, 2.05) is 0 Å². The van der Waals surface area contributed by atoms with Crippen molar-refractivity contribution in [3.05, 3.63) is 24.3 Å². The molecule has 5 nitrogen and oxygen atoms in total. The summed E-state index contributed by atoms with van der Waals surface area (Å²) in [6.07, 6.45) is 2.99. The van der Waals surface area contributed by atoms with Crippen molar-refractivity contribution >= 4 is 21.6 Å². The molecule has 1 aliphatic heterocycles. The lowest BCUT2D eigenvalue weighted by molar-refractivity contribution is 0.346. The van der Waals surface area contributed by atoms with E-state index in [0.29, 0.717) is 24.5 Å². The normalized spacial score (nSPS) is 17.6. The molecule has 1 aliphatic rings. The van der Waals surface area contributed by atoms with Crippen molar-refractivity contribution in [2.24, 2.45) is 0 Å². The average Bonchev–Trinajstić information content (AvgIpc) is 2.40. The van der Waals surface area contributed by atoms with E-state index in [0.717, 1.165) is 19.3 Å². The lowest BCUT2D eigenvalue weighted by Gasteiger charge is -2.31. The fourth-order valence-electron chi connectivity index (χ4n) is 2.09. The maximum atomic E-state index is 12.4. The molecule has 2 N–H and O–H groups in total. The summed E-state index contributed by atoms with van der Waals surface area (Å²) in [5.74, 6) is 0. The van der Waals surface area contributed by atoms with Crippen LogP contribution in [-0.2, 0) is 10.2 Å². The van der Waals surface area contributed by atoms with Crippen LogP contribution in [0.2, 0.25) is 0 Å². The maximum Gasteiger partial charge on any atom is 0.303 e. The highest BCUT2D eigenvalue weighted by Gasteiger charge is 2.28. The number of anilines is 2. The second-order valence-corrected chi connectivity index (χ2v) is 6.49. The van der Waals surface area contributed by atoms with E-state index in [9.17, 15) is 8.42 Å². The molecule has 1 aromatic rings. The Balaban J connectivity index is 2.20. The van der Waals surface area contributed by atoms with Gasteiger partial charge in [-0.05, 0) is 37.1 Å². The molecule has 0 amide bonds. The van der Waals surface area contributed by atoms with Gasteiger partial charge in [-0.15, -0.1) is 0 Å². The minimum absolute atomic E-state index is 0.613. The van der Waals surface area contributed by atoms with Crippen LogP contribution in [0.5, 0.6) is 0 Å². The Hall–Kier alpha value is -1.27. The molecule has 1 aromatic carbocycles. The quantitative estimate of drug-likeness (QED) is 0.844. The number of nitrogens with zero attached hydrogens (tertiary/aromatic N) is 2. The number of piperidine rings is 1. The van der Waals surface area contributed by atoms with Crippen LogP contribution in [0.4, 0.5) is 11.4 Å². The number of nitrogens with two attached hydrogens (primary N) is 1. The molecule has 0 radical (unpaired) electrons. The van der Waals surface area contributed by atoms with Crippen LogP contribution in [0.1, 0.15) is 19.3 Å². The first kappa shape index (κ1) is 13.2. The van der Waals surface area contributed by atoms with E-state index in [-0.39, 0.29) is 0 Å². The first-order chi connectivity index (χ1) is 8.51. The number of rotatable bonds is 3. The number of hydrogen-bond donors (Lipinski definition) is 1. The fraction of sp³-hybridized carbons (Fsp3) is 0.500. The molecule has 1 saturated heterocycles. The summed E-state index contributed by atoms with van der Waals surface area (Å²) in [5.41, 5.74) is 6.86. The van der Waals surface area contributed by atoms with Crippen molar-refractivity contribution in [3.8, 4) is 0 Å². The summed E-state index contributed by atoms with van der Waals surface area (Å²) < 4.78 is 27.6. The molecule has 2 rings (SSSR count). The summed E-state index contributed by atoms with van der Waals surface area (Å²) in [6.45, 7) is 1.23. The monoisotopic (exact) mass is 269 g/mol. The molecule has 0 saturated carbocycles. The molecule has 1 fully saturated rings. The summed E-state index contributed by atoms with van der Waals surface area (Å²) >= 11 is 0. The molecule has 100 valence electrons. The molecular weight excluding hydrogens is 250 g/mol. The van der Waals surface area contributed by atoms with Crippen molar-refractivity contribution in [2.75, 3.05) is 30.2 Å². The smallest absolute Gasteiger partial charge is 0.303 e. The zero-order valence-electron chi connectivity index (χ0n) is 10.5. The highest BCUT2D eigenvalue weighted by atomic mass is 32.2. The molecule has 1 heterocycles. The van der Waals surface area contributed by atoms with Gasteiger partial charge in [0.2, 0.25) is 0 Å². The Morgan fingerprint density at radius 3 is 2.22 bits per heavy atom. The van der Waals surface area contributed by atoms with Gasteiger partial charge in [-0.3, -0.25) is 4.31 Å². The Bertz CT molecular complexity index is 493. The van der Waals surface area contributed by atoms with E-state index in [2.05, 4.69) is 0 Å². The van der Waals surface area contributed by atoms with Crippen LogP contribution in [0.25, 0.3) is 0 Å². The van der Waals surface area contributed by atoms with Crippen molar-refractivity contribution in [3.63, 3.8) is 0 Å². The van der Waals surface area contributed by atoms with Crippen LogP contribution < -0.4 is 10.0 Å². The molecule has 0 aliphatic carbocycles. The van der Waals surface area contributed by atoms with E-state index >= 15 is 0 Å². The van der Waals surface area contributed by atoms with Gasteiger partial charge in [-0.25, -0.2) is 0 Å². The lowest BCUT2D eigenvalue weighted by Crippen LogP contribution is -2.44. The Morgan fingerprint density at radius 1 is 1.11 bits per heavy atom. The Morgan fingerprint density at radius 2 is 1.67 bits per heavy atom. The van der Waals surface area contributed by atoms with Gasteiger partial charge in [0.15, 0.2) is 0 Å². The highest BCUT2D eigenvalue weighted by Crippen LogP contribution is 2.22. The van der Waals surface area contributed by atoms with E-state index in [1.165, 1.54) is 4.31 Å². The zero-order chi connectivity index (χ0) is 13.2. The van der Waals surface area contributed by atoms with Crippen LogP contribution in [-0.4, -0.2) is 32.9 Å². The van der Waals surface area contributed by atoms with Crippen molar-refractivity contribution in [1.29, 1.82) is 0 Å². The van der Waals surface area contributed by atoms with Crippen molar-refractivity contribution in [2.45, 2.75) is 19.3 Å². The van der Waals surface area contributed by atoms with Crippen LogP contribution in [0.3, 0.4) is 0 Å². The summed E-state index contributed by atoms with van der Waals surface area (Å²) in [4.78, 5) is 0. The van der Waals surface area contributed by atoms with Crippen molar-refractivity contribution < 1.29 is 8.42 Å². The van der Waals surface area contributed by atoms with Crippen LogP contribution in [0.15, 0.2) is 24.3 Å². The first-order valence-electron chi connectivity index (χ1n) is 6.11. The second kappa shape index (κ2) is 5.16. The third-order valence-electron chi connectivity index (χ3n) is 3.24. The van der Waals surface area contributed by atoms with Gasteiger partial charge in [-0.1, -0.05) is 6.42 Å². The Kier molecular flexibility index (Phi) is 3.77. The van der Waals surface area contributed by atoms with Gasteiger partial charge >= 0.3 is 10.2 Å². The molecule has 0 spiro atoms. The topological polar surface area (TPSA) is 66.6 Å². The van der Waals surface area contributed by atoms with Crippen molar-refractivity contribution in [1.82, 2.24) is 4.31 Å². The zero-order valence-corrected chi connectivity index (χ0v) is 11.4. The van der Waals surface area contributed by atoms with Gasteiger partial charge in [0.25, 0.3) is 0 Å². The van der Waals surface area contributed by atoms with Gasteiger partial charge in [-0.2, -0.15) is 12.7 Å². The fourth-order valence-corrected chi connectivity index (χ4v) is 3.54. The number of hydrogen-bond acceptors (Lipinski definition) is 3. The molecular formula is C12H19N3O2S. The highest BCUT2D eigenvalue weighted by molar-refractivity contribution is 7.90. The SMILES string of the molecule is CN(c1ccc(N)cc1)S(=O)(=O)N1CCCCC1. The molecule has 18 heavy (non-hydrogen) atoms. The number of benzene rings is 1. The molecule has 0 bridgehead atoms. The van der Waals surface area contributed by atoms with E-state index < -0.39 is 10.2 Å². The van der Waals surface area contributed by atoms with E-state index in [4.69, 9.17) is 5.73 Å². The molecule has 0 atom stereocenters. The third-order valence-corrected chi connectivity index (χ3v) is 5.16. The molecule has 6 heteroatoms. The standard InChI is InChI=1S/C12H19N3O2S/c1-14(12-7-5-11(13)6-8-12)18(16,17)15-9-3-2-4-10-15/h5-8H,2-4,9-10,13H2,1H3. The number of nitrogen functional groups attached to an aromatic ring is 1. The Labute approximate surface area is 108 Å². The first-order valence-corrected chi connectivity index (χ1v) is 7.51. The molecule has 0 aromatic heterocycles. The predicted octanol–water partition coefficient (Wildman–Crippen LogP) is 1.44. The largest absolute Gasteiger partial charge is 0.399 e. The minimum atomic E-state index is -3.40. The maximum absolute atomic E-state index is 12.4. The third kappa shape index (κ3) is 2.59. The van der Waals surface area contributed by atoms with Gasteiger partial charge in [0.05, 0.1) is 5.69 Å². The van der Waals surface area contributed by atoms with Gasteiger partial charge in [0, 0.05) is 25.8 Å². The average molecular weight is 269 g/mol. The van der Waals surface area contributed by atoms with Crippen LogP contribution in [0, 0.1) is 0 Å². The van der Waals surface area contributed by atoms with Gasteiger partial charge < -0.3 is 5.73 Å². The minimum Gasteiger partial charge on any atom is -0.399 e. The lowest BCUT2D eigenvalue weighted by atomic mass is 10.2. The summed E-state index contributed by atoms with van der Waals surface area (Å²) in [5, 5.41) is 0. The predicted molar refractivity (Wildman–Crippen MR) is 73.6 cm³/mol. The molecule has 0 unspecified atom stereocenters. The van der Waals surface area contributed by atoms with Crippen LogP contribution >= 0.6 is 0 Å². The second-order valence-electron chi connectivity index (χ2n) is 4.53. The van der Waals surface area contributed by atoms with E-state index in [1.54, 1.807) is 35.6 Å².